The van der Waals surface area contributed by atoms with Crippen LogP contribution in [0, 0.1) is 5.41 Å². The molecule has 0 aromatic heterocycles. The molecular formula is C12H23NO5S. The lowest BCUT2D eigenvalue weighted by Crippen LogP contribution is -2.44. The number of nitrogens with one attached hydrogen (secondary N) is 1. The summed E-state index contributed by atoms with van der Waals surface area (Å²) in [4.78, 5) is 22.8. The molecule has 0 radical (unpaired) electrons. The van der Waals surface area contributed by atoms with Crippen molar-refractivity contribution in [2.75, 3.05) is 5.75 Å². The lowest BCUT2D eigenvalue weighted by molar-refractivity contribution is -0.141. The first-order valence-corrected chi connectivity index (χ1v) is 7.91. The number of ketones is 1. The smallest absolute Gasteiger partial charge is 0.322 e. The van der Waals surface area contributed by atoms with Crippen molar-refractivity contribution < 1.29 is 23.1 Å². The minimum atomic E-state index is -3.66. The summed E-state index contributed by atoms with van der Waals surface area (Å²) < 4.78 is 25.4. The number of carbonyl (C=O) groups is 2. The number of hydrogen-bond donors (Lipinski definition) is 2. The van der Waals surface area contributed by atoms with Crippen LogP contribution in [0.15, 0.2) is 0 Å². The largest absolute Gasteiger partial charge is 0.480 e. The van der Waals surface area contributed by atoms with Gasteiger partial charge in [-0.3, -0.25) is 9.59 Å². The van der Waals surface area contributed by atoms with Crippen molar-refractivity contribution in [1.29, 1.82) is 0 Å². The first-order valence-electron chi connectivity index (χ1n) is 6.25. The maximum atomic E-state index is 11.8. The Hall–Kier alpha value is -0.950. The average molecular weight is 293 g/mol. The van der Waals surface area contributed by atoms with Gasteiger partial charge in [-0.15, -0.1) is 0 Å². The second-order valence-electron chi connectivity index (χ2n) is 5.56. The minimum Gasteiger partial charge on any atom is -0.480 e. The molecule has 19 heavy (non-hydrogen) atoms. The zero-order valence-corrected chi connectivity index (χ0v) is 12.7. The Labute approximate surface area is 114 Å². The topological polar surface area (TPSA) is 101 Å². The number of hydrogen-bond acceptors (Lipinski definition) is 4. The molecule has 0 aliphatic heterocycles. The van der Waals surface area contributed by atoms with E-state index in [0.29, 0.717) is 12.8 Å². The van der Waals surface area contributed by atoms with Gasteiger partial charge in [-0.1, -0.05) is 34.1 Å². The second-order valence-corrected chi connectivity index (χ2v) is 7.43. The predicted octanol–water partition coefficient (Wildman–Crippen LogP) is 1.16. The summed E-state index contributed by atoms with van der Waals surface area (Å²) in [5.41, 5.74) is -0.692. The van der Waals surface area contributed by atoms with Gasteiger partial charge in [0.1, 0.15) is 11.8 Å². The fourth-order valence-corrected chi connectivity index (χ4v) is 2.69. The highest BCUT2D eigenvalue weighted by Crippen LogP contribution is 2.18. The van der Waals surface area contributed by atoms with Crippen molar-refractivity contribution in [1.82, 2.24) is 4.72 Å². The molecule has 0 aliphatic carbocycles. The summed E-state index contributed by atoms with van der Waals surface area (Å²) in [5, 5.41) is 9.00. The van der Waals surface area contributed by atoms with Crippen molar-refractivity contribution in [2.45, 2.75) is 53.0 Å². The SMILES string of the molecule is CCCCS(=O)(=O)NC(CC(=O)C(C)(C)C)C(=O)O. The number of carbonyl (C=O) groups excluding carboxylic acids is 1. The van der Waals surface area contributed by atoms with Gasteiger partial charge in [-0.05, 0) is 6.42 Å². The Kier molecular flexibility index (Phi) is 6.65. The van der Waals surface area contributed by atoms with Gasteiger partial charge in [0.2, 0.25) is 10.0 Å². The summed E-state index contributed by atoms with van der Waals surface area (Å²) in [5.74, 6) is -1.76. The van der Waals surface area contributed by atoms with E-state index in [-0.39, 0.29) is 18.0 Å². The van der Waals surface area contributed by atoms with Gasteiger partial charge < -0.3 is 5.11 Å². The van der Waals surface area contributed by atoms with E-state index in [1.807, 2.05) is 6.92 Å². The minimum absolute atomic E-state index is 0.128. The number of carboxylic acids is 1. The number of aliphatic carboxylic acids is 1. The monoisotopic (exact) mass is 293 g/mol. The van der Waals surface area contributed by atoms with E-state index < -0.39 is 27.4 Å². The lowest BCUT2D eigenvalue weighted by Gasteiger charge is -2.20. The first kappa shape index (κ1) is 18.0. The van der Waals surface area contributed by atoms with E-state index in [0.717, 1.165) is 0 Å². The molecule has 0 aromatic rings. The fourth-order valence-electron chi connectivity index (χ4n) is 1.28. The van der Waals surface area contributed by atoms with Crippen molar-refractivity contribution >= 4 is 21.8 Å². The molecule has 0 heterocycles. The van der Waals surface area contributed by atoms with Gasteiger partial charge in [0, 0.05) is 11.8 Å². The molecule has 0 fully saturated rings. The molecule has 2 N–H and O–H groups in total. The van der Waals surface area contributed by atoms with E-state index in [2.05, 4.69) is 4.72 Å². The standard InChI is InChI=1S/C12H23NO5S/c1-5-6-7-19(17,18)13-9(11(15)16)8-10(14)12(2,3)4/h9,13H,5-8H2,1-4H3,(H,15,16). The quantitative estimate of drug-likeness (QED) is 0.699. The summed E-state index contributed by atoms with van der Waals surface area (Å²) >= 11 is 0. The highest BCUT2D eigenvalue weighted by atomic mass is 32.2. The van der Waals surface area contributed by atoms with Crippen LogP contribution >= 0.6 is 0 Å². The predicted molar refractivity (Wildman–Crippen MR) is 72.3 cm³/mol. The van der Waals surface area contributed by atoms with Crippen LogP contribution in [0.4, 0.5) is 0 Å². The number of carboxylic acid groups (broad SMARTS) is 1. The van der Waals surface area contributed by atoms with E-state index in [1.54, 1.807) is 20.8 Å². The molecule has 0 saturated heterocycles. The van der Waals surface area contributed by atoms with Crippen molar-refractivity contribution in [2.24, 2.45) is 5.41 Å². The lowest BCUT2D eigenvalue weighted by atomic mass is 9.87. The summed E-state index contributed by atoms with van der Waals surface area (Å²) in [6.07, 6.45) is 0.804. The normalized spacial score (nSPS) is 14.1. The molecule has 0 amide bonds. The van der Waals surface area contributed by atoms with E-state index >= 15 is 0 Å². The van der Waals surface area contributed by atoms with Crippen LogP contribution in [-0.2, 0) is 19.6 Å². The molecule has 6 nitrogen and oxygen atoms in total. The molecule has 1 atom stereocenters. The molecule has 0 bridgehead atoms. The van der Waals surface area contributed by atoms with Gasteiger partial charge in [0.15, 0.2) is 0 Å². The van der Waals surface area contributed by atoms with Crippen molar-refractivity contribution in [3.63, 3.8) is 0 Å². The highest BCUT2D eigenvalue weighted by molar-refractivity contribution is 7.89. The van der Waals surface area contributed by atoms with E-state index in [9.17, 15) is 18.0 Å². The van der Waals surface area contributed by atoms with Crippen LogP contribution < -0.4 is 4.72 Å². The van der Waals surface area contributed by atoms with Crippen LogP contribution in [0.1, 0.15) is 47.0 Å². The maximum Gasteiger partial charge on any atom is 0.322 e. The molecule has 7 heteroatoms. The van der Waals surface area contributed by atoms with Gasteiger partial charge >= 0.3 is 5.97 Å². The van der Waals surface area contributed by atoms with Crippen molar-refractivity contribution in [3.05, 3.63) is 0 Å². The number of unbranched alkanes of at least 4 members (excludes halogenated alkanes) is 1. The Bertz CT molecular complexity index is 422. The summed E-state index contributed by atoms with van der Waals surface area (Å²) in [7, 11) is -3.66. The molecule has 0 saturated carbocycles. The van der Waals surface area contributed by atoms with Crippen molar-refractivity contribution in [3.8, 4) is 0 Å². The molecular weight excluding hydrogens is 270 g/mol. The number of rotatable bonds is 8. The van der Waals surface area contributed by atoms with Gasteiger partial charge in [-0.25, -0.2) is 13.1 Å². The first-order chi connectivity index (χ1) is 8.49. The van der Waals surface area contributed by atoms with Gasteiger partial charge in [0.05, 0.1) is 5.75 Å². The third-order valence-corrected chi connectivity index (χ3v) is 4.08. The Balaban J connectivity index is 4.78. The zero-order valence-electron chi connectivity index (χ0n) is 11.9. The Morgan fingerprint density at radius 3 is 2.16 bits per heavy atom. The second kappa shape index (κ2) is 7.00. The molecule has 0 spiro atoms. The van der Waals surface area contributed by atoms with Gasteiger partial charge in [0.25, 0.3) is 0 Å². The number of sulfonamides is 1. The summed E-state index contributed by atoms with van der Waals surface area (Å²) in [6.45, 7) is 6.84. The zero-order chi connectivity index (χ0) is 15.3. The fraction of sp³-hybridized carbons (Fsp3) is 0.833. The molecule has 112 valence electrons. The van der Waals surface area contributed by atoms with Crippen LogP contribution in [0.2, 0.25) is 0 Å². The van der Waals surface area contributed by atoms with Gasteiger partial charge in [-0.2, -0.15) is 0 Å². The van der Waals surface area contributed by atoms with Crippen LogP contribution in [0.25, 0.3) is 0 Å². The third-order valence-electron chi connectivity index (χ3n) is 2.61. The maximum absolute atomic E-state index is 11.8. The highest BCUT2D eigenvalue weighted by Gasteiger charge is 2.30. The Morgan fingerprint density at radius 2 is 1.79 bits per heavy atom. The average Bonchev–Trinajstić information content (AvgIpc) is 2.23. The molecule has 0 aliphatic rings. The number of Topliss-reactive ketones (excluding diaryl/α,β-unsaturated/α-hetero) is 1. The van der Waals surface area contributed by atoms with Crippen LogP contribution in [-0.4, -0.2) is 37.1 Å². The van der Waals surface area contributed by atoms with E-state index in [4.69, 9.17) is 5.11 Å². The van der Waals surface area contributed by atoms with E-state index in [1.165, 1.54) is 0 Å². The third kappa shape index (κ3) is 7.27. The molecule has 1 unspecified atom stereocenters. The van der Waals surface area contributed by atoms with Crippen LogP contribution in [0.5, 0.6) is 0 Å². The Morgan fingerprint density at radius 1 is 1.26 bits per heavy atom. The molecule has 0 rings (SSSR count). The molecule has 0 aromatic carbocycles. The summed E-state index contributed by atoms with van der Waals surface area (Å²) in [6, 6.07) is -1.39. The van der Waals surface area contributed by atoms with Crippen LogP contribution in [0.3, 0.4) is 0 Å².